The molecule has 180 valence electrons. The summed E-state index contributed by atoms with van der Waals surface area (Å²) in [5.41, 5.74) is 1.02. The Labute approximate surface area is 199 Å². The number of fused-ring (bicyclic) bond motifs is 1. The van der Waals surface area contributed by atoms with Crippen LogP contribution in [0.15, 0.2) is 72.8 Å². The molecule has 3 aromatic carbocycles. The van der Waals surface area contributed by atoms with Crippen molar-refractivity contribution in [2.24, 2.45) is 0 Å². The molecule has 0 atom stereocenters. The molecule has 1 N–H and O–H groups in total. The summed E-state index contributed by atoms with van der Waals surface area (Å²) in [7, 11) is 0. The minimum Gasteiger partial charge on any atom is -0.487 e. The molecule has 0 bridgehead atoms. The number of aromatic nitrogens is 1. The number of nitrogens with one attached hydrogen (secondary N) is 1. The van der Waals surface area contributed by atoms with E-state index in [0.717, 1.165) is 35.9 Å². The van der Waals surface area contributed by atoms with Crippen molar-refractivity contribution in [3.05, 3.63) is 101 Å². The number of carbonyl (C=O) groups is 1. The van der Waals surface area contributed by atoms with E-state index in [1.165, 1.54) is 0 Å². The average Bonchev–Trinajstić information content (AvgIpc) is 3.58. The smallest absolute Gasteiger partial charge is 0.416 e. The fourth-order valence-corrected chi connectivity index (χ4v) is 3.97. The van der Waals surface area contributed by atoms with Crippen LogP contribution in [0.4, 0.5) is 17.6 Å². The lowest BCUT2D eigenvalue weighted by Gasteiger charge is -2.14. The first-order chi connectivity index (χ1) is 16.8. The lowest BCUT2D eigenvalue weighted by molar-refractivity contribution is -0.137. The Bertz CT molecular complexity index is 1380. The van der Waals surface area contributed by atoms with Crippen LogP contribution < -0.4 is 10.1 Å². The average molecular weight is 482 g/mol. The van der Waals surface area contributed by atoms with Gasteiger partial charge in [0.2, 0.25) is 0 Å². The molecular weight excluding hydrogens is 460 g/mol. The van der Waals surface area contributed by atoms with Gasteiger partial charge < -0.3 is 14.6 Å². The highest BCUT2D eigenvalue weighted by Gasteiger charge is 2.31. The second kappa shape index (κ2) is 9.09. The normalized spacial score (nSPS) is 13.7. The van der Waals surface area contributed by atoms with E-state index in [0.29, 0.717) is 23.1 Å². The fourth-order valence-electron chi connectivity index (χ4n) is 3.97. The number of ether oxygens (including phenoxy) is 1. The first-order valence-electron chi connectivity index (χ1n) is 11.2. The van der Waals surface area contributed by atoms with E-state index in [2.05, 4.69) is 5.32 Å². The second-order valence-corrected chi connectivity index (χ2v) is 8.65. The summed E-state index contributed by atoms with van der Waals surface area (Å²) in [6.45, 7) is 0.166. The minimum atomic E-state index is -4.62. The van der Waals surface area contributed by atoms with Gasteiger partial charge >= 0.3 is 6.18 Å². The van der Waals surface area contributed by atoms with Crippen LogP contribution in [0.3, 0.4) is 0 Å². The molecule has 4 aromatic rings. The molecule has 0 unspecified atom stereocenters. The topological polar surface area (TPSA) is 43.3 Å². The Balaban J connectivity index is 1.49. The molecule has 35 heavy (non-hydrogen) atoms. The molecule has 0 radical (unpaired) electrons. The Morgan fingerprint density at radius 3 is 2.46 bits per heavy atom. The van der Waals surface area contributed by atoms with Crippen molar-refractivity contribution in [2.45, 2.75) is 38.2 Å². The molecule has 0 aliphatic heterocycles. The monoisotopic (exact) mass is 482 g/mol. The van der Waals surface area contributed by atoms with Crippen molar-refractivity contribution in [3.63, 3.8) is 0 Å². The van der Waals surface area contributed by atoms with Crippen LogP contribution in [-0.4, -0.2) is 16.5 Å². The molecule has 1 aromatic heterocycles. The SMILES string of the molecule is O=C(NC1CC1)c1ccc2c(c1)cc(COc1ccccc1)n2Cc1ccc(C(F)(F)F)cc1F. The third-order valence-corrected chi connectivity index (χ3v) is 6.00. The Morgan fingerprint density at radius 2 is 1.77 bits per heavy atom. The summed E-state index contributed by atoms with van der Waals surface area (Å²) < 4.78 is 61.3. The third-order valence-electron chi connectivity index (χ3n) is 6.00. The van der Waals surface area contributed by atoms with Crippen LogP contribution in [0.5, 0.6) is 5.75 Å². The number of alkyl halides is 3. The summed E-state index contributed by atoms with van der Waals surface area (Å²) in [5, 5.41) is 3.71. The summed E-state index contributed by atoms with van der Waals surface area (Å²) >= 11 is 0. The van der Waals surface area contributed by atoms with E-state index in [1.54, 1.807) is 22.8 Å². The molecule has 1 heterocycles. The van der Waals surface area contributed by atoms with E-state index in [9.17, 15) is 22.4 Å². The number of halogens is 4. The van der Waals surface area contributed by atoms with Gasteiger partial charge in [-0.1, -0.05) is 24.3 Å². The predicted octanol–water partition coefficient (Wildman–Crippen LogP) is 6.32. The highest BCUT2D eigenvalue weighted by molar-refractivity contribution is 5.98. The van der Waals surface area contributed by atoms with Gasteiger partial charge in [-0.3, -0.25) is 4.79 Å². The summed E-state index contributed by atoms with van der Waals surface area (Å²) in [6.07, 6.45) is -2.67. The zero-order chi connectivity index (χ0) is 24.6. The molecule has 8 heteroatoms. The van der Waals surface area contributed by atoms with Crippen molar-refractivity contribution in [2.75, 3.05) is 0 Å². The molecule has 1 amide bonds. The molecule has 1 aliphatic rings. The van der Waals surface area contributed by atoms with E-state index in [-0.39, 0.29) is 30.7 Å². The lowest BCUT2D eigenvalue weighted by Crippen LogP contribution is -2.25. The number of rotatable bonds is 7. The first kappa shape index (κ1) is 23.0. The maximum Gasteiger partial charge on any atom is 0.416 e. The summed E-state index contributed by atoms with van der Waals surface area (Å²) in [6, 6.07) is 19.0. The zero-order valence-corrected chi connectivity index (χ0v) is 18.6. The highest BCUT2D eigenvalue weighted by Crippen LogP contribution is 2.31. The highest BCUT2D eigenvalue weighted by atomic mass is 19.4. The lowest BCUT2D eigenvalue weighted by atomic mass is 10.1. The van der Waals surface area contributed by atoms with Gasteiger partial charge in [-0.15, -0.1) is 0 Å². The number of hydrogen-bond donors (Lipinski definition) is 1. The van der Waals surface area contributed by atoms with Crippen molar-refractivity contribution < 1.29 is 27.1 Å². The molecule has 0 spiro atoms. The van der Waals surface area contributed by atoms with Gasteiger partial charge in [-0.05, 0) is 61.4 Å². The van der Waals surface area contributed by atoms with Gasteiger partial charge in [0.1, 0.15) is 18.2 Å². The van der Waals surface area contributed by atoms with Crippen LogP contribution in [0.1, 0.15) is 40.0 Å². The van der Waals surface area contributed by atoms with Gasteiger partial charge in [0.15, 0.2) is 0 Å². The predicted molar refractivity (Wildman–Crippen MR) is 124 cm³/mol. The van der Waals surface area contributed by atoms with E-state index >= 15 is 0 Å². The van der Waals surface area contributed by atoms with Crippen molar-refractivity contribution in [3.8, 4) is 5.75 Å². The Hall–Kier alpha value is -3.81. The summed E-state index contributed by atoms with van der Waals surface area (Å²) in [4.78, 5) is 12.5. The number of hydrogen-bond acceptors (Lipinski definition) is 2. The van der Waals surface area contributed by atoms with Crippen molar-refractivity contribution >= 4 is 16.8 Å². The molecular formula is C27H22F4N2O2. The number of nitrogens with zero attached hydrogens (tertiary/aromatic N) is 1. The quantitative estimate of drug-likeness (QED) is 0.313. The minimum absolute atomic E-state index is 0.00850. The Kier molecular flexibility index (Phi) is 5.96. The second-order valence-electron chi connectivity index (χ2n) is 8.65. The van der Waals surface area contributed by atoms with Crippen LogP contribution in [0.25, 0.3) is 10.9 Å². The molecule has 5 rings (SSSR count). The molecule has 1 aliphatic carbocycles. The van der Waals surface area contributed by atoms with Crippen LogP contribution in [0, 0.1) is 5.82 Å². The van der Waals surface area contributed by atoms with Crippen LogP contribution in [0.2, 0.25) is 0 Å². The third kappa shape index (κ3) is 5.16. The van der Waals surface area contributed by atoms with E-state index < -0.39 is 17.6 Å². The van der Waals surface area contributed by atoms with E-state index in [1.807, 2.05) is 36.4 Å². The number of amides is 1. The standard InChI is InChI=1S/C27H22F4N2O2/c28-24-14-20(27(29,30)31)8-6-18(24)15-33-22(16-35-23-4-2-1-3-5-23)13-19-12-17(7-11-25(19)33)26(34)32-21-9-10-21/h1-8,11-14,21H,9-10,15-16H2,(H,32,34). The van der Waals surface area contributed by atoms with Gasteiger partial charge in [-0.25, -0.2) is 4.39 Å². The van der Waals surface area contributed by atoms with Crippen molar-refractivity contribution in [1.29, 1.82) is 0 Å². The Morgan fingerprint density at radius 1 is 1.00 bits per heavy atom. The molecule has 1 fully saturated rings. The maximum absolute atomic E-state index is 14.7. The van der Waals surface area contributed by atoms with Gasteiger partial charge in [0, 0.05) is 28.1 Å². The number of carbonyl (C=O) groups excluding carboxylic acids is 1. The molecule has 4 nitrogen and oxygen atoms in total. The van der Waals surface area contributed by atoms with E-state index in [4.69, 9.17) is 4.74 Å². The number of para-hydroxylation sites is 1. The first-order valence-corrected chi connectivity index (χ1v) is 11.2. The van der Waals surface area contributed by atoms with Gasteiger partial charge in [-0.2, -0.15) is 13.2 Å². The van der Waals surface area contributed by atoms with Gasteiger partial charge in [0.05, 0.1) is 17.8 Å². The maximum atomic E-state index is 14.7. The largest absolute Gasteiger partial charge is 0.487 e. The number of benzene rings is 3. The van der Waals surface area contributed by atoms with Crippen molar-refractivity contribution in [1.82, 2.24) is 9.88 Å². The molecule has 0 saturated heterocycles. The van der Waals surface area contributed by atoms with Crippen LogP contribution >= 0.6 is 0 Å². The van der Waals surface area contributed by atoms with Crippen LogP contribution in [-0.2, 0) is 19.3 Å². The van der Waals surface area contributed by atoms with Gasteiger partial charge in [0.25, 0.3) is 5.91 Å². The molecule has 1 saturated carbocycles. The summed E-state index contributed by atoms with van der Waals surface area (Å²) in [5.74, 6) is -0.440. The zero-order valence-electron chi connectivity index (χ0n) is 18.6. The fraction of sp³-hybridized carbons (Fsp3) is 0.222.